The van der Waals surface area contributed by atoms with Crippen LogP contribution in [0.25, 0.3) is 0 Å². The van der Waals surface area contributed by atoms with Gasteiger partial charge in [0.15, 0.2) is 5.03 Å². The van der Waals surface area contributed by atoms with E-state index in [-0.39, 0.29) is 68.5 Å². The number of nitrogens with zero attached hydrogens (tertiary/aromatic N) is 3. The first-order chi connectivity index (χ1) is 31.0. The van der Waals surface area contributed by atoms with Gasteiger partial charge in [0.1, 0.15) is 17.7 Å². The molecule has 0 aromatic heterocycles. The van der Waals surface area contributed by atoms with Crippen molar-refractivity contribution >= 4 is 47.4 Å². The van der Waals surface area contributed by atoms with Crippen LogP contribution in [-0.2, 0) is 30.3 Å². The lowest BCUT2D eigenvalue weighted by Gasteiger charge is -2.27. The molecular weight excluding hydrogens is 839 g/mol. The van der Waals surface area contributed by atoms with Crippen molar-refractivity contribution in [3.8, 4) is 0 Å². The van der Waals surface area contributed by atoms with Gasteiger partial charge >= 0.3 is 6.09 Å². The highest BCUT2D eigenvalue weighted by Gasteiger charge is 2.36. The number of unbranched alkanes of at least 4 members (excludes halogenated alkanes) is 5. The van der Waals surface area contributed by atoms with E-state index in [2.05, 4.69) is 26.3 Å². The minimum absolute atomic E-state index is 0.0111. The average Bonchev–Trinajstić information content (AvgIpc) is 3.88. The minimum atomic E-state index is -1.32. The van der Waals surface area contributed by atoms with Crippen molar-refractivity contribution in [1.82, 2.24) is 31.6 Å². The molecule has 0 saturated heterocycles. The summed E-state index contributed by atoms with van der Waals surface area (Å²) in [7, 11) is 0. The summed E-state index contributed by atoms with van der Waals surface area (Å²) >= 11 is 0. The predicted octanol–water partition coefficient (Wildman–Crippen LogP) is 4.12. The average molecular weight is 904 g/mol. The molecule has 7 N–H and O–H groups in total. The number of hydrogen-bond acceptors (Lipinski definition) is 11. The number of benzene rings is 2. The summed E-state index contributed by atoms with van der Waals surface area (Å²) in [6.07, 6.45) is 8.83. The van der Waals surface area contributed by atoms with Crippen molar-refractivity contribution in [3.05, 3.63) is 81.4 Å². The molecule has 65 heavy (non-hydrogen) atoms. The molecule has 1 aliphatic heterocycles. The van der Waals surface area contributed by atoms with E-state index in [1.807, 2.05) is 0 Å². The van der Waals surface area contributed by atoms with E-state index >= 15 is 0 Å². The van der Waals surface area contributed by atoms with Crippen LogP contribution in [0.15, 0.2) is 59.6 Å². The van der Waals surface area contributed by atoms with Gasteiger partial charge in [0.05, 0.1) is 11.1 Å². The third-order valence-electron chi connectivity index (χ3n) is 11.3. The number of hydrazine groups is 1. The number of carbonyl (C=O) groups excluding carboxylic acids is 7. The number of hydrogen-bond donors (Lipinski definition) is 6. The Bertz CT molecular complexity index is 1960. The normalized spacial score (nSPS) is 15.4. The second-order valence-electron chi connectivity index (χ2n) is 17.5. The van der Waals surface area contributed by atoms with Crippen LogP contribution in [0.1, 0.15) is 131 Å². The number of carbonyl (C=O) groups is 7. The Morgan fingerprint density at radius 1 is 0.800 bits per heavy atom. The van der Waals surface area contributed by atoms with E-state index in [1.54, 1.807) is 80.8 Å². The minimum Gasteiger partial charge on any atom is -0.444 e. The number of ether oxygens (including phenoxy) is 1. The molecule has 0 bridgehead atoms. The molecule has 1 aliphatic carbocycles. The van der Waals surface area contributed by atoms with Gasteiger partial charge in [-0.1, -0.05) is 92.8 Å². The standard InChI is InChI=1S/C46H65N9O10/c1-46(2,3)65-45(62)50-28-27-48-41(59)38(56)37(30-31-18-9-8-10-19-31)52-40(58)36(25-17-26-49-44(47)53-55(63)64)51-39(57)33(32-20-12-13-21-32)22-11-6-4-5-7-16-29-54-42(60)34-23-14-15-24-35(34)43(54)61/h8-10,14-15,18-19,23-24,32-33,36-37H,4-7,11-13,16-17,20-22,25-30H2,1-3H3,(H,48,59)(H,50,62)(H,51,57)(H,52,58)(H3,47,49,53). The third-order valence-corrected chi connectivity index (χ3v) is 11.3. The fourth-order valence-corrected chi connectivity index (χ4v) is 8.13. The Hall–Kier alpha value is -6.40. The number of nitro groups is 1. The molecule has 1 fully saturated rings. The predicted molar refractivity (Wildman–Crippen MR) is 242 cm³/mol. The van der Waals surface area contributed by atoms with Crippen LogP contribution in [0.2, 0.25) is 0 Å². The van der Waals surface area contributed by atoms with Gasteiger partial charge in [-0.25, -0.2) is 19.9 Å². The highest BCUT2D eigenvalue weighted by molar-refractivity contribution is 6.38. The van der Waals surface area contributed by atoms with E-state index < -0.39 is 52.4 Å². The lowest BCUT2D eigenvalue weighted by molar-refractivity contribution is -0.525. The lowest BCUT2D eigenvalue weighted by atomic mass is 9.85. The Balaban J connectivity index is 1.37. The number of aliphatic imine (C=N–C) groups is 1. The summed E-state index contributed by atoms with van der Waals surface area (Å²) in [5.41, 5.74) is 8.18. The molecule has 19 heteroatoms. The van der Waals surface area contributed by atoms with E-state index in [4.69, 9.17) is 10.5 Å². The van der Waals surface area contributed by atoms with Crippen molar-refractivity contribution in [1.29, 1.82) is 0 Å². The molecule has 19 nitrogen and oxygen atoms in total. The van der Waals surface area contributed by atoms with Gasteiger partial charge in [-0.15, -0.1) is 0 Å². The van der Waals surface area contributed by atoms with E-state index in [0.717, 1.165) is 57.8 Å². The zero-order valence-electron chi connectivity index (χ0n) is 37.7. The second-order valence-corrected chi connectivity index (χ2v) is 17.5. The molecule has 1 heterocycles. The lowest BCUT2D eigenvalue weighted by Crippen LogP contribution is -2.55. The molecule has 4 rings (SSSR count). The van der Waals surface area contributed by atoms with E-state index in [1.165, 1.54) is 4.90 Å². The summed E-state index contributed by atoms with van der Waals surface area (Å²) in [5.74, 6) is -4.09. The van der Waals surface area contributed by atoms with Gasteiger partial charge in [-0.3, -0.25) is 33.7 Å². The molecule has 0 radical (unpaired) electrons. The summed E-state index contributed by atoms with van der Waals surface area (Å²) < 4.78 is 5.19. The summed E-state index contributed by atoms with van der Waals surface area (Å²) in [6, 6.07) is 13.2. The second kappa shape index (κ2) is 25.8. The van der Waals surface area contributed by atoms with Crippen LogP contribution in [-0.4, -0.2) is 101 Å². The smallest absolute Gasteiger partial charge is 0.407 e. The summed E-state index contributed by atoms with van der Waals surface area (Å²) in [4.78, 5) is 109. The number of amides is 6. The highest BCUT2D eigenvalue weighted by Crippen LogP contribution is 2.35. The van der Waals surface area contributed by atoms with Gasteiger partial charge in [0.25, 0.3) is 23.7 Å². The number of nitrogens with two attached hydrogens (primary N) is 1. The number of guanidine groups is 1. The van der Waals surface area contributed by atoms with Crippen molar-refractivity contribution in [2.45, 2.75) is 128 Å². The maximum Gasteiger partial charge on any atom is 0.407 e. The summed E-state index contributed by atoms with van der Waals surface area (Å²) in [5, 5.41) is 20.6. The van der Waals surface area contributed by atoms with Gasteiger partial charge in [0.2, 0.25) is 17.6 Å². The number of imide groups is 1. The molecule has 354 valence electrons. The molecule has 2 aromatic carbocycles. The van der Waals surface area contributed by atoms with Gasteiger partial charge in [0, 0.05) is 38.5 Å². The number of alkyl carbamates (subject to hydrolysis) is 1. The maximum absolute atomic E-state index is 14.2. The molecule has 3 atom stereocenters. The number of Topliss-reactive ketones (excluding diaryl/α,β-unsaturated/α-hetero) is 1. The van der Waals surface area contributed by atoms with Crippen LogP contribution in [0.4, 0.5) is 4.79 Å². The van der Waals surface area contributed by atoms with Crippen LogP contribution >= 0.6 is 0 Å². The van der Waals surface area contributed by atoms with Gasteiger partial charge < -0.3 is 31.7 Å². The largest absolute Gasteiger partial charge is 0.444 e. The fourth-order valence-electron chi connectivity index (χ4n) is 8.13. The van der Waals surface area contributed by atoms with E-state index in [9.17, 15) is 43.7 Å². The van der Waals surface area contributed by atoms with Crippen molar-refractivity contribution in [2.75, 3.05) is 26.2 Å². The Morgan fingerprint density at radius 2 is 1.38 bits per heavy atom. The zero-order chi connectivity index (χ0) is 47.4. The molecule has 1 saturated carbocycles. The Kier molecular flexibility index (Phi) is 20.3. The van der Waals surface area contributed by atoms with Crippen LogP contribution < -0.4 is 32.4 Å². The van der Waals surface area contributed by atoms with Gasteiger partial charge in [-0.2, -0.15) is 0 Å². The van der Waals surface area contributed by atoms with Crippen molar-refractivity contribution < 1.29 is 43.3 Å². The first kappa shape index (κ1) is 51.2. The van der Waals surface area contributed by atoms with Crippen LogP contribution in [0.5, 0.6) is 0 Å². The third kappa shape index (κ3) is 17.2. The van der Waals surface area contributed by atoms with E-state index in [0.29, 0.717) is 36.1 Å². The Labute approximate surface area is 379 Å². The topological polar surface area (TPSA) is 274 Å². The molecule has 2 aromatic rings. The number of fused-ring (bicyclic) bond motifs is 1. The monoisotopic (exact) mass is 903 g/mol. The van der Waals surface area contributed by atoms with Crippen molar-refractivity contribution in [2.24, 2.45) is 22.6 Å². The zero-order valence-corrected chi connectivity index (χ0v) is 37.7. The molecular formula is C46H65N9O10. The number of ketones is 1. The first-order valence-electron chi connectivity index (χ1n) is 22.6. The van der Waals surface area contributed by atoms with Gasteiger partial charge in [-0.05, 0) is 82.9 Å². The highest BCUT2D eigenvalue weighted by atomic mass is 16.7. The SMILES string of the molecule is CC(C)(C)OC(=O)NCCNC(=O)C(=O)C(Cc1ccccc1)NC(=O)C(CCCN=C(N)N[N+](=O)[O-])NC(=O)C(CCCCCCCCN1C(=O)c2ccccc2C1=O)C1CCCC1. The summed E-state index contributed by atoms with van der Waals surface area (Å²) in [6.45, 7) is 5.36. The van der Waals surface area contributed by atoms with Crippen LogP contribution in [0.3, 0.4) is 0 Å². The molecule has 3 unspecified atom stereocenters. The molecule has 2 aliphatic rings. The Morgan fingerprint density at radius 3 is 2.02 bits per heavy atom. The molecule has 0 spiro atoms. The van der Waals surface area contributed by atoms with Crippen LogP contribution in [0, 0.1) is 22.0 Å². The fraction of sp³-hybridized carbons (Fsp3) is 0.565. The van der Waals surface area contributed by atoms with Crippen molar-refractivity contribution in [3.63, 3.8) is 0 Å². The quantitative estimate of drug-likeness (QED) is 0.0148. The number of rotatable bonds is 26. The maximum atomic E-state index is 14.2. The first-order valence-corrected chi connectivity index (χ1v) is 22.6. The number of nitrogens with one attached hydrogen (secondary N) is 5. The molecule has 6 amide bonds.